The van der Waals surface area contributed by atoms with Crippen LogP contribution in [0.15, 0.2) is 48.5 Å². The Labute approximate surface area is 94.9 Å². The molecule has 0 saturated carbocycles. The van der Waals surface area contributed by atoms with Crippen LogP contribution in [0.4, 0.5) is 17.1 Å². The number of nitrogen functional groups attached to an aromatic ring is 1. The Morgan fingerprint density at radius 1 is 0.875 bits per heavy atom. The maximum Gasteiger partial charge on any atom is 0.119 e. The molecule has 16 heavy (non-hydrogen) atoms. The van der Waals surface area contributed by atoms with Crippen molar-refractivity contribution in [2.75, 3.05) is 18.2 Å². The van der Waals surface area contributed by atoms with E-state index in [0.29, 0.717) is 0 Å². The largest absolute Gasteiger partial charge is 0.497 e. The molecule has 0 radical (unpaired) electrons. The lowest BCUT2D eigenvalue weighted by Crippen LogP contribution is -1.91. The summed E-state index contributed by atoms with van der Waals surface area (Å²) in [5.41, 5.74) is 8.41. The van der Waals surface area contributed by atoms with Gasteiger partial charge in [0.05, 0.1) is 7.11 Å². The van der Waals surface area contributed by atoms with Gasteiger partial charge >= 0.3 is 0 Å². The summed E-state index contributed by atoms with van der Waals surface area (Å²) in [7, 11) is 1.66. The molecule has 0 saturated heterocycles. The zero-order valence-corrected chi connectivity index (χ0v) is 9.10. The first-order valence-electron chi connectivity index (χ1n) is 5.04. The minimum atomic E-state index is 0.764. The van der Waals surface area contributed by atoms with E-state index < -0.39 is 0 Å². The van der Waals surface area contributed by atoms with E-state index >= 15 is 0 Å². The van der Waals surface area contributed by atoms with E-state index in [9.17, 15) is 0 Å². The molecule has 2 aromatic rings. The number of hydrogen-bond acceptors (Lipinski definition) is 3. The molecule has 82 valence electrons. The second-order valence-corrected chi connectivity index (χ2v) is 3.48. The van der Waals surface area contributed by atoms with Gasteiger partial charge in [0.15, 0.2) is 0 Å². The maximum absolute atomic E-state index is 5.61. The number of nitrogens with two attached hydrogens (primary N) is 1. The Morgan fingerprint density at radius 3 is 1.88 bits per heavy atom. The minimum absolute atomic E-state index is 0.764. The second kappa shape index (κ2) is 4.57. The standard InChI is InChI=1S/C13H14N2O/c1-16-13-8-6-12(7-9-13)15-11-4-2-10(14)3-5-11/h2-9,15H,14H2,1H3. The van der Waals surface area contributed by atoms with Gasteiger partial charge < -0.3 is 15.8 Å². The van der Waals surface area contributed by atoms with Crippen molar-refractivity contribution in [2.24, 2.45) is 0 Å². The van der Waals surface area contributed by atoms with Crippen LogP contribution in [0, 0.1) is 0 Å². The molecule has 0 aromatic heterocycles. The topological polar surface area (TPSA) is 47.3 Å². The Balaban J connectivity index is 2.11. The molecule has 2 aromatic carbocycles. The molecule has 0 aliphatic carbocycles. The molecule has 0 unspecified atom stereocenters. The maximum atomic E-state index is 5.61. The number of ether oxygens (including phenoxy) is 1. The number of rotatable bonds is 3. The van der Waals surface area contributed by atoms with E-state index in [1.54, 1.807) is 7.11 Å². The van der Waals surface area contributed by atoms with Crippen LogP contribution in [0.25, 0.3) is 0 Å². The van der Waals surface area contributed by atoms with E-state index in [4.69, 9.17) is 10.5 Å². The monoisotopic (exact) mass is 214 g/mol. The molecule has 0 aliphatic heterocycles. The van der Waals surface area contributed by atoms with Gasteiger partial charge in [-0.2, -0.15) is 0 Å². The Morgan fingerprint density at radius 2 is 1.38 bits per heavy atom. The van der Waals surface area contributed by atoms with Crippen LogP contribution in [0.3, 0.4) is 0 Å². The molecular weight excluding hydrogens is 200 g/mol. The van der Waals surface area contributed by atoms with E-state index in [1.165, 1.54) is 0 Å². The summed E-state index contributed by atoms with van der Waals surface area (Å²) < 4.78 is 5.09. The highest BCUT2D eigenvalue weighted by atomic mass is 16.5. The SMILES string of the molecule is COc1ccc(Nc2ccc(N)cc2)cc1. The van der Waals surface area contributed by atoms with E-state index in [-0.39, 0.29) is 0 Å². The predicted molar refractivity (Wildman–Crippen MR) is 67.1 cm³/mol. The number of methoxy groups -OCH3 is 1. The van der Waals surface area contributed by atoms with Crippen LogP contribution in [0.5, 0.6) is 5.75 Å². The lowest BCUT2D eigenvalue weighted by Gasteiger charge is -2.07. The number of anilines is 3. The van der Waals surface area contributed by atoms with Gasteiger partial charge in [-0.1, -0.05) is 0 Å². The first kappa shape index (κ1) is 10.4. The van der Waals surface area contributed by atoms with Gasteiger partial charge in [-0.25, -0.2) is 0 Å². The molecule has 0 fully saturated rings. The van der Waals surface area contributed by atoms with Crippen LogP contribution in [0.1, 0.15) is 0 Å². The average Bonchev–Trinajstić information content (AvgIpc) is 2.33. The normalized spacial score (nSPS) is 9.81. The van der Waals surface area contributed by atoms with Crippen molar-refractivity contribution in [3.63, 3.8) is 0 Å². The van der Waals surface area contributed by atoms with Crippen LogP contribution in [-0.2, 0) is 0 Å². The van der Waals surface area contributed by atoms with Gasteiger partial charge in [0.25, 0.3) is 0 Å². The van der Waals surface area contributed by atoms with Crippen molar-refractivity contribution < 1.29 is 4.74 Å². The van der Waals surface area contributed by atoms with Gasteiger partial charge in [0.1, 0.15) is 5.75 Å². The summed E-state index contributed by atoms with van der Waals surface area (Å²) in [6.07, 6.45) is 0. The summed E-state index contributed by atoms with van der Waals surface area (Å²) in [5, 5.41) is 3.27. The van der Waals surface area contributed by atoms with Crippen LogP contribution >= 0.6 is 0 Å². The molecule has 2 rings (SSSR count). The second-order valence-electron chi connectivity index (χ2n) is 3.48. The summed E-state index contributed by atoms with van der Waals surface area (Å²) in [6, 6.07) is 15.4. The molecule has 3 nitrogen and oxygen atoms in total. The highest BCUT2D eigenvalue weighted by Crippen LogP contribution is 2.20. The average molecular weight is 214 g/mol. The zero-order chi connectivity index (χ0) is 11.4. The van der Waals surface area contributed by atoms with Crippen molar-refractivity contribution in [1.29, 1.82) is 0 Å². The van der Waals surface area contributed by atoms with Gasteiger partial charge in [-0.05, 0) is 48.5 Å². The third-order valence-electron chi connectivity index (χ3n) is 2.29. The summed E-state index contributed by atoms with van der Waals surface area (Å²) in [6.45, 7) is 0. The first-order chi connectivity index (χ1) is 7.78. The van der Waals surface area contributed by atoms with Crippen LogP contribution < -0.4 is 15.8 Å². The molecule has 0 bridgehead atoms. The number of benzene rings is 2. The number of hydrogen-bond donors (Lipinski definition) is 2. The fraction of sp³-hybridized carbons (Fsp3) is 0.0769. The van der Waals surface area contributed by atoms with Crippen molar-refractivity contribution in [2.45, 2.75) is 0 Å². The molecule has 0 spiro atoms. The zero-order valence-electron chi connectivity index (χ0n) is 9.10. The smallest absolute Gasteiger partial charge is 0.119 e. The van der Waals surface area contributed by atoms with Crippen molar-refractivity contribution in [1.82, 2.24) is 0 Å². The lowest BCUT2D eigenvalue weighted by molar-refractivity contribution is 0.415. The molecule has 0 heterocycles. The van der Waals surface area contributed by atoms with E-state index in [2.05, 4.69) is 5.32 Å². The van der Waals surface area contributed by atoms with Gasteiger partial charge in [0, 0.05) is 17.1 Å². The molecule has 3 N–H and O–H groups in total. The Kier molecular flexibility index (Phi) is 2.96. The third-order valence-corrected chi connectivity index (χ3v) is 2.29. The van der Waals surface area contributed by atoms with Gasteiger partial charge in [0.2, 0.25) is 0 Å². The van der Waals surface area contributed by atoms with Crippen molar-refractivity contribution >= 4 is 17.1 Å². The highest BCUT2D eigenvalue weighted by Gasteiger charge is 1.95. The molecule has 0 aliphatic rings. The van der Waals surface area contributed by atoms with Gasteiger partial charge in [-0.3, -0.25) is 0 Å². The molecular formula is C13H14N2O. The Hall–Kier alpha value is -2.16. The fourth-order valence-electron chi connectivity index (χ4n) is 1.41. The number of nitrogens with one attached hydrogen (secondary N) is 1. The van der Waals surface area contributed by atoms with E-state index in [1.807, 2.05) is 48.5 Å². The molecule has 3 heteroatoms. The summed E-state index contributed by atoms with van der Waals surface area (Å²) >= 11 is 0. The van der Waals surface area contributed by atoms with Crippen molar-refractivity contribution in [3.05, 3.63) is 48.5 Å². The fourth-order valence-corrected chi connectivity index (χ4v) is 1.41. The lowest BCUT2D eigenvalue weighted by atomic mass is 10.2. The van der Waals surface area contributed by atoms with Crippen LogP contribution in [-0.4, -0.2) is 7.11 Å². The van der Waals surface area contributed by atoms with Crippen LogP contribution in [0.2, 0.25) is 0 Å². The molecule has 0 atom stereocenters. The summed E-state index contributed by atoms with van der Waals surface area (Å²) in [4.78, 5) is 0. The predicted octanol–water partition coefficient (Wildman–Crippen LogP) is 3.02. The van der Waals surface area contributed by atoms with Gasteiger partial charge in [-0.15, -0.1) is 0 Å². The third kappa shape index (κ3) is 2.45. The quantitative estimate of drug-likeness (QED) is 0.772. The highest BCUT2D eigenvalue weighted by molar-refractivity contribution is 5.62. The molecule has 0 amide bonds. The Bertz CT molecular complexity index is 448. The first-order valence-corrected chi connectivity index (χ1v) is 5.04. The van der Waals surface area contributed by atoms with Crippen molar-refractivity contribution in [3.8, 4) is 5.75 Å². The summed E-state index contributed by atoms with van der Waals surface area (Å²) in [5.74, 6) is 0.850. The minimum Gasteiger partial charge on any atom is -0.497 e. The van der Waals surface area contributed by atoms with E-state index in [0.717, 1.165) is 22.8 Å².